The number of halogens is 1. The van der Waals surface area contributed by atoms with Gasteiger partial charge in [0.15, 0.2) is 0 Å². The monoisotopic (exact) mass is 223 g/mol. The molecule has 0 spiro atoms. The van der Waals surface area contributed by atoms with Crippen LogP contribution in [0.5, 0.6) is 0 Å². The van der Waals surface area contributed by atoms with Crippen LogP contribution in [0.1, 0.15) is 17.9 Å². The number of rotatable bonds is 3. The summed E-state index contributed by atoms with van der Waals surface area (Å²) in [7, 11) is 1.73. The lowest BCUT2D eigenvalue weighted by molar-refractivity contribution is 0.125. The average molecular weight is 223 g/mol. The predicted octanol–water partition coefficient (Wildman–Crippen LogP) is 2.17. The van der Waals surface area contributed by atoms with Crippen molar-refractivity contribution in [1.29, 1.82) is 0 Å². The van der Waals surface area contributed by atoms with Crippen molar-refractivity contribution >= 4 is 0 Å². The molecule has 1 aliphatic rings. The average Bonchev–Trinajstić information content (AvgIpc) is 2.32. The summed E-state index contributed by atoms with van der Waals surface area (Å²) >= 11 is 0. The zero-order valence-electron chi connectivity index (χ0n) is 9.58. The van der Waals surface area contributed by atoms with E-state index in [9.17, 15) is 4.39 Å². The molecule has 2 nitrogen and oxygen atoms in total. The minimum atomic E-state index is -0.166. The maximum atomic E-state index is 12.9. The quantitative estimate of drug-likeness (QED) is 0.848. The molecular weight excluding hydrogens is 205 g/mol. The van der Waals surface area contributed by atoms with Crippen molar-refractivity contribution in [2.75, 3.05) is 26.8 Å². The maximum Gasteiger partial charge on any atom is 0.123 e. The number of methoxy groups -OCH3 is 1. The zero-order chi connectivity index (χ0) is 11.4. The Morgan fingerprint density at radius 1 is 1.38 bits per heavy atom. The van der Waals surface area contributed by atoms with E-state index in [0.717, 1.165) is 26.1 Å². The van der Waals surface area contributed by atoms with E-state index in [1.807, 2.05) is 12.1 Å². The van der Waals surface area contributed by atoms with Gasteiger partial charge in [-0.1, -0.05) is 12.1 Å². The summed E-state index contributed by atoms with van der Waals surface area (Å²) in [5, 5.41) is 3.38. The van der Waals surface area contributed by atoms with E-state index in [-0.39, 0.29) is 5.82 Å². The second kappa shape index (κ2) is 5.41. The van der Waals surface area contributed by atoms with Gasteiger partial charge in [-0.25, -0.2) is 4.39 Å². The third kappa shape index (κ3) is 2.60. The minimum Gasteiger partial charge on any atom is -0.384 e. The SMILES string of the molecule is COCC1CNCCC1c1ccc(F)cc1. The van der Waals surface area contributed by atoms with E-state index in [4.69, 9.17) is 4.74 Å². The van der Waals surface area contributed by atoms with Crippen LogP contribution in [0.25, 0.3) is 0 Å². The van der Waals surface area contributed by atoms with E-state index in [2.05, 4.69) is 5.32 Å². The fourth-order valence-electron chi connectivity index (χ4n) is 2.46. The zero-order valence-corrected chi connectivity index (χ0v) is 9.58. The third-order valence-corrected chi connectivity index (χ3v) is 3.29. The van der Waals surface area contributed by atoms with Crippen molar-refractivity contribution in [3.63, 3.8) is 0 Å². The van der Waals surface area contributed by atoms with Crippen LogP contribution in [-0.4, -0.2) is 26.8 Å². The molecule has 1 aromatic rings. The van der Waals surface area contributed by atoms with Crippen LogP contribution in [0.4, 0.5) is 4.39 Å². The van der Waals surface area contributed by atoms with Gasteiger partial charge in [-0.3, -0.25) is 0 Å². The summed E-state index contributed by atoms with van der Waals surface area (Å²) in [6.07, 6.45) is 1.10. The van der Waals surface area contributed by atoms with E-state index in [0.29, 0.717) is 11.8 Å². The van der Waals surface area contributed by atoms with Crippen molar-refractivity contribution in [2.24, 2.45) is 5.92 Å². The highest BCUT2D eigenvalue weighted by Gasteiger charge is 2.26. The number of ether oxygens (including phenoxy) is 1. The van der Waals surface area contributed by atoms with Crippen molar-refractivity contribution in [1.82, 2.24) is 5.32 Å². The Balaban J connectivity index is 2.13. The standard InChI is InChI=1S/C13H18FNO/c1-16-9-11-8-15-7-6-13(11)10-2-4-12(14)5-3-10/h2-5,11,13,15H,6-9H2,1H3. The van der Waals surface area contributed by atoms with Gasteiger partial charge in [0, 0.05) is 19.6 Å². The van der Waals surface area contributed by atoms with Crippen molar-refractivity contribution < 1.29 is 9.13 Å². The van der Waals surface area contributed by atoms with Crippen LogP contribution in [-0.2, 0) is 4.74 Å². The van der Waals surface area contributed by atoms with Gasteiger partial charge in [-0.15, -0.1) is 0 Å². The highest BCUT2D eigenvalue weighted by molar-refractivity contribution is 5.22. The van der Waals surface area contributed by atoms with E-state index in [1.165, 1.54) is 5.56 Å². The van der Waals surface area contributed by atoms with E-state index >= 15 is 0 Å². The topological polar surface area (TPSA) is 21.3 Å². The van der Waals surface area contributed by atoms with Gasteiger partial charge in [-0.2, -0.15) is 0 Å². The molecule has 88 valence electrons. The van der Waals surface area contributed by atoms with Crippen LogP contribution in [0.2, 0.25) is 0 Å². The lowest BCUT2D eigenvalue weighted by Gasteiger charge is -2.32. The van der Waals surface area contributed by atoms with Gasteiger partial charge in [0.1, 0.15) is 5.82 Å². The second-order valence-electron chi connectivity index (χ2n) is 4.37. The summed E-state index contributed by atoms with van der Waals surface area (Å²) in [6.45, 7) is 2.77. The Hall–Kier alpha value is -0.930. The highest BCUT2D eigenvalue weighted by Crippen LogP contribution is 2.30. The molecule has 1 saturated heterocycles. The molecule has 0 aromatic heterocycles. The number of hydrogen-bond donors (Lipinski definition) is 1. The Morgan fingerprint density at radius 3 is 2.81 bits per heavy atom. The van der Waals surface area contributed by atoms with Crippen molar-refractivity contribution in [3.05, 3.63) is 35.6 Å². The van der Waals surface area contributed by atoms with Gasteiger partial charge >= 0.3 is 0 Å². The second-order valence-corrected chi connectivity index (χ2v) is 4.37. The number of nitrogens with one attached hydrogen (secondary N) is 1. The van der Waals surface area contributed by atoms with Gasteiger partial charge < -0.3 is 10.1 Å². The molecule has 0 aliphatic carbocycles. The normalized spacial score (nSPS) is 25.6. The molecule has 2 rings (SSSR count). The van der Waals surface area contributed by atoms with Crippen LogP contribution < -0.4 is 5.32 Å². The lowest BCUT2D eigenvalue weighted by atomic mass is 9.81. The Bertz CT molecular complexity index is 323. The van der Waals surface area contributed by atoms with Crippen LogP contribution in [0, 0.1) is 11.7 Å². The summed E-state index contributed by atoms with van der Waals surface area (Å²) < 4.78 is 18.1. The molecule has 0 saturated carbocycles. The first kappa shape index (κ1) is 11.6. The molecule has 0 amide bonds. The first-order chi connectivity index (χ1) is 7.81. The summed E-state index contributed by atoms with van der Waals surface area (Å²) in [5.74, 6) is 0.812. The maximum absolute atomic E-state index is 12.9. The van der Waals surface area contributed by atoms with Crippen LogP contribution >= 0.6 is 0 Å². The first-order valence-corrected chi connectivity index (χ1v) is 5.76. The lowest BCUT2D eigenvalue weighted by Crippen LogP contribution is -2.37. The fraction of sp³-hybridized carbons (Fsp3) is 0.538. The summed E-state index contributed by atoms with van der Waals surface area (Å²) in [5.41, 5.74) is 1.23. The summed E-state index contributed by atoms with van der Waals surface area (Å²) in [4.78, 5) is 0. The fourth-order valence-corrected chi connectivity index (χ4v) is 2.46. The summed E-state index contributed by atoms with van der Waals surface area (Å²) in [6, 6.07) is 6.88. The molecule has 1 fully saturated rings. The Labute approximate surface area is 95.8 Å². The molecule has 3 heteroatoms. The van der Waals surface area contributed by atoms with Crippen LogP contribution in [0.15, 0.2) is 24.3 Å². The van der Waals surface area contributed by atoms with Crippen molar-refractivity contribution in [2.45, 2.75) is 12.3 Å². The molecule has 0 radical (unpaired) electrons. The van der Waals surface area contributed by atoms with Gasteiger partial charge in [-0.05, 0) is 36.6 Å². The van der Waals surface area contributed by atoms with Gasteiger partial charge in [0.25, 0.3) is 0 Å². The minimum absolute atomic E-state index is 0.166. The first-order valence-electron chi connectivity index (χ1n) is 5.76. The number of benzene rings is 1. The molecule has 1 N–H and O–H groups in total. The number of hydrogen-bond acceptors (Lipinski definition) is 2. The highest BCUT2D eigenvalue weighted by atomic mass is 19.1. The molecular formula is C13H18FNO. The molecule has 16 heavy (non-hydrogen) atoms. The van der Waals surface area contributed by atoms with Crippen molar-refractivity contribution in [3.8, 4) is 0 Å². The van der Waals surface area contributed by atoms with Crippen LogP contribution in [0.3, 0.4) is 0 Å². The molecule has 1 heterocycles. The molecule has 0 bridgehead atoms. The molecule has 1 aromatic carbocycles. The Kier molecular flexibility index (Phi) is 3.91. The van der Waals surface area contributed by atoms with Gasteiger partial charge in [0.05, 0.1) is 6.61 Å². The molecule has 1 aliphatic heterocycles. The van der Waals surface area contributed by atoms with Gasteiger partial charge in [0.2, 0.25) is 0 Å². The largest absolute Gasteiger partial charge is 0.384 e. The Morgan fingerprint density at radius 2 is 2.12 bits per heavy atom. The molecule has 2 atom stereocenters. The van der Waals surface area contributed by atoms with E-state index < -0.39 is 0 Å². The number of piperidine rings is 1. The van der Waals surface area contributed by atoms with E-state index in [1.54, 1.807) is 19.2 Å². The smallest absolute Gasteiger partial charge is 0.123 e. The third-order valence-electron chi connectivity index (χ3n) is 3.29. The molecule has 2 unspecified atom stereocenters. The predicted molar refractivity (Wildman–Crippen MR) is 62.0 cm³/mol.